The van der Waals surface area contributed by atoms with Crippen LogP contribution in [0.15, 0.2) is 65.0 Å². The molecule has 148 valence electrons. The van der Waals surface area contributed by atoms with Gasteiger partial charge in [-0.3, -0.25) is 4.79 Å². The number of amides is 1. The van der Waals surface area contributed by atoms with E-state index in [0.29, 0.717) is 49.6 Å². The number of nitriles is 1. The van der Waals surface area contributed by atoms with Gasteiger partial charge in [-0.05, 0) is 43.7 Å². The highest BCUT2D eigenvalue weighted by Crippen LogP contribution is 2.41. The summed E-state index contributed by atoms with van der Waals surface area (Å²) in [5.41, 5.74) is 3.32. The number of benzene rings is 2. The zero-order valence-electron chi connectivity index (χ0n) is 16.1. The lowest BCUT2D eigenvalue weighted by atomic mass is 9.80. The van der Waals surface area contributed by atoms with Crippen molar-refractivity contribution in [2.45, 2.75) is 19.8 Å². The van der Waals surface area contributed by atoms with Crippen LogP contribution in [0.5, 0.6) is 5.75 Å². The third-order valence-electron chi connectivity index (χ3n) is 4.75. The normalized spacial score (nSPS) is 16.2. The second kappa shape index (κ2) is 8.60. The lowest BCUT2D eigenvalue weighted by Gasteiger charge is -2.29. The molecule has 0 spiro atoms. The van der Waals surface area contributed by atoms with Gasteiger partial charge in [0.25, 0.3) is 5.91 Å². The fourth-order valence-electron chi connectivity index (χ4n) is 3.43. The van der Waals surface area contributed by atoms with Gasteiger partial charge in [-0.15, -0.1) is 0 Å². The summed E-state index contributed by atoms with van der Waals surface area (Å²) in [6.07, 6.45) is 0. The maximum absolute atomic E-state index is 13.3. The molecule has 1 amide bonds. The van der Waals surface area contributed by atoms with Crippen LogP contribution >= 0.6 is 23.2 Å². The average molecular weight is 428 g/mol. The van der Waals surface area contributed by atoms with Crippen molar-refractivity contribution in [1.82, 2.24) is 5.32 Å². The maximum Gasteiger partial charge on any atom is 0.254 e. The Morgan fingerprint density at radius 2 is 1.90 bits per heavy atom. The number of carbonyl (C=O) groups is 1. The Bertz CT molecular complexity index is 1080. The molecule has 1 atom stereocenters. The van der Waals surface area contributed by atoms with Gasteiger partial charge in [0.1, 0.15) is 5.75 Å². The molecule has 5 nitrogen and oxygen atoms in total. The number of allylic oxidation sites excluding steroid dienone is 3. The maximum atomic E-state index is 13.3. The Balaban J connectivity index is 2.10. The summed E-state index contributed by atoms with van der Waals surface area (Å²) in [7, 11) is 1.54. The minimum absolute atomic E-state index is 0.351. The first kappa shape index (κ1) is 20.8. The molecule has 29 heavy (non-hydrogen) atoms. The van der Waals surface area contributed by atoms with Crippen LogP contribution in [0.25, 0.3) is 0 Å². The number of dihydropyridines is 1. The Morgan fingerprint density at radius 3 is 2.55 bits per heavy atom. The predicted molar refractivity (Wildman–Crippen MR) is 115 cm³/mol. The number of rotatable bonds is 4. The molecule has 0 radical (unpaired) electrons. The second-order valence-corrected chi connectivity index (χ2v) is 7.41. The lowest BCUT2D eigenvalue weighted by molar-refractivity contribution is -0.113. The number of halogens is 2. The molecule has 0 aliphatic carbocycles. The molecule has 1 aliphatic heterocycles. The van der Waals surface area contributed by atoms with Crippen molar-refractivity contribution in [3.8, 4) is 11.8 Å². The fourth-order valence-corrected chi connectivity index (χ4v) is 3.94. The summed E-state index contributed by atoms with van der Waals surface area (Å²) in [5, 5.41) is 16.7. The van der Waals surface area contributed by atoms with Gasteiger partial charge < -0.3 is 15.4 Å². The highest BCUT2D eigenvalue weighted by molar-refractivity contribution is 6.35. The number of carbonyl (C=O) groups excluding carboxylic acids is 1. The van der Waals surface area contributed by atoms with Crippen molar-refractivity contribution in [3.05, 3.63) is 80.6 Å². The van der Waals surface area contributed by atoms with Crippen LogP contribution in [0.4, 0.5) is 5.69 Å². The van der Waals surface area contributed by atoms with Crippen molar-refractivity contribution in [2.75, 3.05) is 12.4 Å². The summed E-state index contributed by atoms with van der Waals surface area (Å²) in [4.78, 5) is 13.3. The highest BCUT2D eigenvalue weighted by Gasteiger charge is 2.34. The van der Waals surface area contributed by atoms with Crippen LogP contribution in [0.2, 0.25) is 10.0 Å². The topological polar surface area (TPSA) is 74.2 Å². The Hall–Kier alpha value is -2.94. The zero-order valence-corrected chi connectivity index (χ0v) is 17.7. The number of hydrogen-bond acceptors (Lipinski definition) is 4. The standard InChI is InChI=1S/C22H19Cl2N3O2/c1-12-16(11-25)21(15-9-8-14(23)10-17(15)24)20(13(2)26-12)22(28)27-18-6-4-5-7-19(18)29-3/h4-10,21,26H,1-3H3,(H,27,28). The van der Waals surface area contributed by atoms with Crippen LogP contribution in [0.1, 0.15) is 25.3 Å². The lowest BCUT2D eigenvalue weighted by Crippen LogP contribution is -2.30. The monoisotopic (exact) mass is 427 g/mol. The number of nitrogens with one attached hydrogen (secondary N) is 2. The molecule has 1 heterocycles. The molecule has 0 fully saturated rings. The quantitative estimate of drug-likeness (QED) is 0.684. The van der Waals surface area contributed by atoms with Gasteiger partial charge >= 0.3 is 0 Å². The number of anilines is 1. The van der Waals surface area contributed by atoms with Gasteiger partial charge in [-0.2, -0.15) is 5.26 Å². The van der Waals surface area contributed by atoms with E-state index in [2.05, 4.69) is 16.7 Å². The van der Waals surface area contributed by atoms with E-state index in [1.165, 1.54) is 7.11 Å². The molecule has 0 bridgehead atoms. The molecule has 1 aliphatic rings. The molecule has 0 saturated carbocycles. The SMILES string of the molecule is COc1ccccc1NC(=O)C1=C(C)NC(C)=C(C#N)C1c1ccc(Cl)cc1Cl. The third-order valence-corrected chi connectivity index (χ3v) is 5.32. The van der Waals surface area contributed by atoms with Crippen LogP contribution in [-0.4, -0.2) is 13.0 Å². The van der Waals surface area contributed by atoms with Crippen LogP contribution in [-0.2, 0) is 4.79 Å². The van der Waals surface area contributed by atoms with E-state index in [-0.39, 0.29) is 5.91 Å². The largest absolute Gasteiger partial charge is 0.495 e. The van der Waals surface area contributed by atoms with E-state index >= 15 is 0 Å². The number of para-hydroxylation sites is 2. The van der Waals surface area contributed by atoms with E-state index in [1.807, 2.05) is 6.07 Å². The van der Waals surface area contributed by atoms with E-state index in [1.54, 1.807) is 50.2 Å². The first-order valence-electron chi connectivity index (χ1n) is 8.85. The van der Waals surface area contributed by atoms with Gasteiger partial charge in [0.15, 0.2) is 0 Å². The Labute approximate surface area is 179 Å². The van der Waals surface area contributed by atoms with Gasteiger partial charge in [0.05, 0.1) is 30.4 Å². The van der Waals surface area contributed by atoms with E-state index in [0.717, 1.165) is 0 Å². The summed E-state index contributed by atoms with van der Waals surface area (Å²) >= 11 is 12.5. The van der Waals surface area contributed by atoms with Crippen LogP contribution in [0.3, 0.4) is 0 Å². The van der Waals surface area contributed by atoms with Crippen LogP contribution in [0, 0.1) is 11.3 Å². The van der Waals surface area contributed by atoms with E-state index in [9.17, 15) is 10.1 Å². The van der Waals surface area contributed by atoms with Gasteiger partial charge in [-0.1, -0.05) is 41.4 Å². The molecule has 0 aromatic heterocycles. The third kappa shape index (κ3) is 4.09. The number of methoxy groups -OCH3 is 1. The predicted octanol–water partition coefficient (Wildman–Crippen LogP) is 5.40. The molecular formula is C22H19Cl2N3O2. The second-order valence-electron chi connectivity index (χ2n) is 6.57. The Morgan fingerprint density at radius 1 is 1.17 bits per heavy atom. The van der Waals surface area contributed by atoms with E-state index < -0.39 is 5.92 Å². The van der Waals surface area contributed by atoms with Gasteiger partial charge in [-0.25, -0.2) is 0 Å². The first-order valence-corrected chi connectivity index (χ1v) is 9.61. The molecule has 7 heteroatoms. The number of nitrogens with zero attached hydrogens (tertiary/aromatic N) is 1. The summed E-state index contributed by atoms with van der Waals surface area (Å²) in [6, 6.07) is 14.4. The summed E-state index contributed by atoms with van der Waals surface area (Å²) in [5.74, 6) is -0.437. The molecule has 2 N–H and O–H groups in total. The van der Waals surface area contributed by atoms with Crippen molar-refractivity contribution < 1.29 is 9.53 Å². The van der Waals surface area contributed by atoms with Gasteiger partial charge in [0, 0.05) is 27.0 Å². The van der Waals surface area contributed by atoms with E-state index in [4.69, 9.17) is 27.9 Å². The minimum atomic E-state index is -0.624. The molecule has 3 rings (SSSR count). The summed E-state index contributed by atoms with van der Waals surface area (Å²) < 4.78 is 5.32. The molecule has 0 saturated heterocycles. The molecule has 1 unspecified atom stereocenters. The Kier molecular flexibility index (Phi) is 6.17. The van der Waals surface area contributed by atoms with Crippen molar-refractivity contribution in [3.63, 3.8) is 0 Å². The molecular weight excluding hydrogens is 409 g/mol. The zero-order chi connectivity index (χ0) is 21.1. The van der Waals surface area contributed by atoms with Crippen LogP contribution < -0.4 is 15.4 Å². The minimum Gasteiger partial charge on any atom is -0.495 e. The average Bonchev–Trinajstić information content (AvgIpc) is 2.68. The fraction of sp³-hybridized carbons (Fsp3) is 0.182. The first-order chi connectivity index (χ1) is 13.9. The van der Waals surface area contributed by atoms with Crippen molar-refractivity contribution in [2.24, 2.45) is 0 Å². The number of hydrogen-bond donors (Lipinski definition) is 2. The smallest absolute Gasteiger partial charge is 0.254 e. The van der Waals surface area contributed by atoms with Gasteiger partial charge in [0.2, 0.25) is 0 Å². The van der Waals surface area contributed by atoms with Crippen molar-refractivity contribution in [1.29, 1.82) is 5.26 Å². The highest BCUT2D eigenvalue weighted by atomic mass is 35.5. The molecule has 2 aromatic carbocycles. The number of ether oxygens (including phenoxy) is 1. The summed E-state index contributed by atoms with van der Waals surface area (Å²) in [6.45, 7) is 3.60. The van der Waals surface area contributed by atoms with Crippen molar-refractivity contribution >= 4 is 34.8 Å². The molecule has 2 aromatic rings.